The van der Waals surface area contributed by atoms with E-state index in [1.807, 2.05) is 24.3 Å². The molecule has 1 aliphatic rings. The van der Waals surface area contributed by atoms with E-state index in [2.05, 4.69) is 36.0 Å². The first-order chi connectivity index (χ1) is 14.5. The highest BCUT2D eigenvalue weighted by atomic mass is 79.9. The second-order valence-corrected chi connectivity index (χ2v) is 8.16. The van der Waals surface area contributed by atoms with Crippen LogP contribution in [-0.2, 0) is 17.8 Å². The van der Waals surface area contributed by atoms with Gasteiger partial charge in [-0.05, 0) is 78.2 Å². The molecular weight excluding hydrogens is 451 g/mol. The molecule has 2 aromatic carbocycles. The molecule has 0 aliphatic carbocycles. The van der Waals surface area contributed by atoms with Crippen LogP contribution in [0.5, 0.6) is 5.75 Å². The average molecular weight is 473 g/mol. The molecule has 8 heteroatoms. The smallest absolute Gasteiger partial charge is 0.265 e. The van der Waals surface area contributed by atoms with Crippen LogP contribution in [0.2, 0.25) is 0 Å². The molecule has 1 amide bonds. The maximum absolute atomic E-state index is 13.2. The lowest BCUT2D eigenvalue weighted by Crippen LogP contribution is -2.30. The second-order valence-electron chi connectivity index (χ2n) is 7.30. The van der Waals surface area contributed by atoms with E-state index < -0.39 is 6.10 Å². The Morgan fingerprint density at radius 1 is 1.17 bits per heavy atom. The molecule has 1 N–H and O–H groups in total. The van der Waals surface area contributed by atoms with E-state index >= 15 is 0 Å². The molecule has 1 aliphatic heterocycles. The predicted octanol–water partition coefficient (Wildman–Crippen LogP) is 4.98. The van der Waals surface area contributed by atoms with E-state index in [0.29, 0.717) is 15.9 Å². The fourth-order valence-electron chi connectivity index (χ4n) is 3.46. The van der Waals surface area contributed by atoms with Gasteiger partial charge in [0.15, 0.2) is 11.9 Å². The number of aryl methyl sites for hydroxylation is 1. The SMILES string of the molecule is CC(Oc1ccc(F)cc1Br)C(=O)Nc1ccc(-c2nnc3n2CCCCC3)cc1. The van der Waals surface area contributed by atoms with Gasteiger partial charge in [0.25, 0.3) is 5.91 Å². The van der Waals surface area contributed by atoms with Crippen molar-refractivity contribution in [2.24, 2.45) is 0 Å². The van der Waals surface area contributed by atoms with Gasteiger partial charge >= 0.3 is 0 Å². The van der Waals surface area contributed by atoms with Gasteiger partial charge in [0.1, 0.15) is 17.4 Å². The number of aromatic nitrogens is 3. The van der Waals surface area contributed by atoms with Crippen LogP contribution in [0, 0.1) is 5.82 Å². The Hall–Kier alpha value is -2.74. The molecule has 0 spiro atoms. The predicted molar refractivity (Wildman–Crippen MR) is 116 cm³/mol. The largest absolute Gasteiger partial charge is 0.480 e. The van der Waals surface area contributed by atoms with Crippen LogP contribution in [0.1, 0.15) is 32.0 Å². The van der Waals surface area contributed by atoms with Crippen LogP contribution in [0.4, 0.5) is 10.1 Å². The standard InChI is InChI=1S/C22H22BrFN4O2/c1-14(30-19-11-8-16(24)13-18(19)23)22(29)25-17-9-6-15(7-10-17)21-27-26-20-5-3-2-4-12-28(20)21/h6-11,13-14H,2-5,12H2,1H3,(H,25,29). The molecule has 2 heterocycles. The highest BCUT2D eigenvalue weighted by Crippen LogP contribution is 2.27. The van der Waals surface area contributed by atoms with Gasteiger partial charge in [-0.25, -0.2) is 4.39 Å². The number of rotatable bonds is 5. The molecule has 1 unspecified atom stereocenters. The lowest BCUT2D eigenvalue weighted by Gasteiger charge is -2.16. The van der Waals surface area contributed by atoms with Gasteiger partial charge in [-0.2, -0.15) is 0 Å². The minimum absolute atomic E-state index is 0.296. The molecule has 4 rings (SSSR count). The second kappa shape index (κ2) is 8.95. The summed E-state index contributed by atoms with van der Waals surface area (Å²) >= 11 is 3.24. The first-order valence-corrected chi connectivity index (χ1v) is 10.8. The molecule has 6 nitrogen and oxygen atoms in total. The Balaban J connectivity index is 1.42. The van der Waals surface area contributed by atoms with E-state index in [9.17, 15) is 9.18 Å². The molecule has 1 aromatic heterocycles. The summed E-state index contributed by atoms with van der Waals surface area (Å²) < 4.78 is 21.5. The molecule has 1 atom stereocenters. The number of benzene rings is 2. The van der Waals surface area contributed by atoms with Crippen molar-refractivity contribution in [2.45, 2.75) is 45.3 Å². The number of amides is 1. The number of fused-ring (bicyclic) bond motifs is 1. The normalized spacial score (nSPS) is 14.5. The van der Waals surface area contributed by atoms with E-state index in [4.69, 9.17) is 4.74 Å². The molecule has 3 aromatic rings. The number of hydrogen-bond donors (Lipinski definition) is 1. The van der Waals surface area contributed by atoms with Crippen LogP contribution in [-0.4, -0.2) is 26.8 Å². The summed E-state index contributed by atoms with van der Waals surface area (Å²) in [6.07, 6.45) is 3.70. The molecule has 0 radical (unpaired) electrons. The van der Waals surface area contributed by atoms with E-state index in [-0.39, 0.29) is 11.7 Å². The minimum atomic E-state index is -0.751. The lowest BCUT2D eigenvalue weighted by atomic mass is 10.2. The van der Waals surface area contributed by atoms with E-state index in [1.54, 1.807) is 6.92 Å². The first-order valence-electron chi connectivity index (χ1n) is 9.96. The zero-order valence-corrected chi connectivity index (χ0v) is 18.2. The Labute approximate surface area is 182 Å². The molecule has 0 saturated heterocycles. The third-order valence-corrected chi connectivity index (χ3v) is 5.71. The lowest BCUT2D eigenvalue weighted by molar-refractivity contribution is -0.122. The number of halogens is 2. The number of anilines is 1. The van der Waals surface area contributed by atoms with Gasteiger partial charge in [0, 0.05) is 24.2 Å². The fourth-order valence-corrected chi connectivity index (χ4v) is 3.90. The zero-order chi connectivity index (χ0) is 21.1. The van der Waals surface area contributed by atoms with Crippen molar-refractivity contribution in [1.82, 2.24) is 14.8 Å². The Bertz CT molecular complexity index is 1050. The third-order valence-electron chi connectivity index (χ3n) is 5.09. The highest BCUT2D eigenvalue weighted by molar-refractivity contribution is 9.10. The maximum Gasteiger partial charge on any atom is 0.265 e. The van der Waals surface area contributed by atoms with Gasteiger partial charge < -0.3 is 14.6 Å². The van der Waals surface area contributed by atoms with Gasteiger partial charge in [0.05, 0.1) is 4.47 Å². The summed E-state index contributed by atoms with van der Waals surface area (Å²) in [5.74, 6) is 1.63. The fraction of sp³-hybridized carbons (Fsp3) is 0.318. The molecule has 0 bridgehead atoms. The van der Waals surface area contributed by atoms with Crippen LogP contribution in [0.3, 0.4) is 0 Å². The summed E-state index contributed by atoms with van der Waals surface area (Å²) in [5.41, 5.74) is 1.63. The van der Waals surface area contributed by atoms with Crippen molar-refractivity contribution in [3.05, 3.63) is 58.6 Å². The number of nitrogens with zero attached hydrogens (tertiary/aromatic N) is 3. The van der Waals surface area contributed by atoms with Crippen LogP contribution in [0.15, 0.2) is 46.9 Å². The summed E-state index contributed by atoms with van der Waals surface area (Å²) in [5, 5.41) is 11.5. The summed E-state index contributed by atoms with van der Waals surface area (Å²) in [4.78, 5) is 12.5. The minimum Gasteiger partial charge on any atom is -0.480 e. The van der Waals surface area contributed by atoms with Crippen molar-refractivity contribution >= 4 is 27.5 Å². The number of carbonyl (C=O) groups excluding carboxylic acids is 1. The molecule has 156 valence electrons. The summed E-state index contributed by atoms with van der Waals surface area (Å²) in [6, 6.07) is 11.6. The number of nitrogens with one attached hydrogen (secondary N) is 1. The number of carbonyl (C=O) groups is 1. The van der Waals surface area contributed by atoms with Crippen molar-refractivity contribution in [2.75, 3.05) is 5.32 Å². The molecule has 30 heavy (non-hydrogen) atoms. The zero-order valence-electron chi connectivity index (χ0n) is 16.6. The highest BCUT2D eigenvalue weighted by Gasteiger charge is 2.18. The van der Waals surface area contributed by atoms with Crippen molar-refractivity contribution in [1.29, 1.82) is 0 Å². The number of hydrogen-bond acceptors (Lipinski definition) is 4. The molecule has 0 fully saturated rings. The Morgan fingerprint density at radius 3 is 2.73 bits per heavy atom. The van der Waals surface area contributed by atoms with Gasteiger partial charge in [-0.3, -0.25) is 4.79 Å². The van der Waals surface area contributed by atoms with Gasteiger partial charge in [0.2, 0.25) is 0 Å². The topological polar surface area (TPSA) is 69.0 Å². The van der Waals surface area contributed by atoms with Crippen molar-refractivity contribution in [3.8, 4) is 17.1 Å². The monoisotopic (exact) mass is 472 g/mol. The van der Waals surface area contributed by atoms with Gasteiger partial charge in [-0.15, -0.1) is 10.2 Å². The van der Waals surface area contributed by atoms with E-state index in [1.165, 1.54) is 24.6 Å². The molecule has 0 saturated carbocycles. The average Bonchev–Trinajstić information content (AvgIpc) is 2.98. The summed E-state index contributed by atoms with van der Waals surface area (Å²) in [7, 11) is 0. The first kappa shape index (κ1) is 20.5. The van der Waals surface area contributed by atoms with Crippen molar-refractivity contribution < 1.29 is 13.9 Å². The van der Waals surface area contributed by atoms with Gasteiger partial charge in [-0.1, -0.05) is 6.42 Å². The third kappa shape index (κ3) is 4.53. The molecular formula is C22H22BrFN4O2. The number of ether oxygens (including phenoxy) is 1. The van der Waals surface area contributed by atoms with Crippen LogP contribution >= 0.6 is 15.9 Å². The Morgan fingerprint density at radius 2 is 1.97 bits per heavy atom. The van der Waals surface area contributed by atoms with Crippen LogP contribution in [0.25, 0.3) is 11.4 Å². The maximum atomic E-state index is 13.2. The van der Waals surface area contributed by atoms with Crippen molar-refractivity contribution in [3.63, 3.8) is 0 Å². The quantitative estimate of drug-likeness (QED) is 0.568. The van der Waals surface area contributed by atoms with E-state index in [0.717, 1.165) is 43.0 Å². The van der Waals surface area contributed by atoms with Crippen LogP contribution < -0.4 is 10.1 Å². The summed E-state index contributed by atoms with van der Waals surface area (Å²) in [6.45, 7) is 2.58. The Kier molecular flexibility index (Phi) is 6.13.